The molecule has 2 aromatic heterocycles. The van der Waals surface area contributed by atoms with Crippen LogP contribution in [0.25, 0.3) is 21.8 Å². The number of pyridine rings is 1. The number of aromatic nitrogens is 2. The number of rotatable bonds is 2. The summed E-state index contributed by atoms with van der Waals surface area (Å²) in [4.78, 5) is 6.92. The number of alkyl halides is 3. The van der Waals surface area contributed by atoms with Crippen molar-refractivity contribution in [1.29, 1.82) is 0 Å². The summed E-state index contributed by atoms with van der Waals surface area (Å²) >= 11 is 0. The quantitative estimate of drug-likeness (QED) is 0.583. The van der Waals surface area contributed by atoms with Gasteiger partial charge in [-0.05, 0) is 24.3 Å². The van der Waals surface area contributed by atoms with Gasteiger partial charge in [-0.3, -0.25) is 4.98 Å². The number of hydrogen-bond acceptors (Lipinski definition) is 4. The summed E-state index contributed by atoms with van der Waals surface area (Å²) in [5.74, 6) is -0.405. The lowest BCUT2D eigenvalue weighted by Crippen LogP contribution is -2.28. The van der Waals surface area contributed by atoms with Crippen molar-refractivity contribution in [2.45, 2.75) is 5.51 Å². The Hall–Kier alpha value is -2.29. The van der Waals surface area contributed by atoms with Gasteiger partial charge in [-0.15, -0.1) is 0 Å². The first-order chi connectivity index (χ1) is 9.78. The summed E-state index contributed by atoms with van der Waals surface area (Å²) in [5, 5.41) is 1.25. The molecule has 1 N–H and O–H groups in total. The maximum Gasteiger partial charge on any atom is 0.534 e. The molecule has 0 spiro atoms. The topological polar surface area (TPSA) is 72.1 Å². The van der Waals surface area contributed by atoms with E-state index in [-0.39, 0.29) is 0 Å². The Morgan fingerprint density at radius 2 is 1.86 bits per heavy atom. The molecule has 0 amide bonds. The fourth-order valence-electron chi connectivity index (χ4n) is 1.95. The minimum absolute atomic E-state index is 0.405. The fourth-order valence-corrected chi connectivity index (χ4v) is 2.41. The number of benzene rings is 1. The van der Waals surface area contributed by atoms with E-state index in [0.717, 1.165) is 6.07 Å². The maximum atomic E-state index is 12.3. The molecule has 2 heterocycles. The molecule has 0 aliphatic rings. The molecule has 0 unspecified atom stereocenters. The van der Waals surface area contributed by atoms with Crippen molar-refractivity contribution in [2.24, 2.45) is 0 Å². The minimum Gasteiger partial charge on any atom is -0.376 e. The van der Waals surface area contributed by atoms with Crippen LogP contribution in [-0.2, 0) is 10.1 Å². The molecule has 1 aromatic carbocycles. The van der Waals surface area contributed by atoms with E-state index < -0.39 is 21.4 Å². The molecule has 3 rings (SSSR count). The van der Waals surface area contributed by atoms with Crippen LogP contribution in [-0.4, -0.2) is 23.9 Å². The summed E-state index contributed by atoms with van der Waals surface area (Å²) in [6.07, 6.45) is 3.08. The molecular formula is C12H7F3N2O3S. The summed E-state index contributed by atoms with van der Waals surface area (Å²) in [7, 11) is -5.68. The van der Waals surface area contributed by atoms with Crippen LogP contribution < -0.4 is 4.18 Å². The Balaban J connectivity index is 2.11. The van der Waals surface area contributed by atoms with Crippen LogP contribution in [0.1, 0.15) is 0 Å². The third-order valence-electron chi connectivity index (χ3n) is 2.86. The second kappa shape index (κ2) is 4.35. The van der Waals surface area contributed by atoms with Crippen LogP contribution in [0.4, 0.5) is 13.2 Å². The molecule has 0 aliphatic heterocycles. The number of nitrogens with zero attached hydrogens (tertiary/aromatic N) is 1. The molecular weight excluding hydrogens is 309 g/mol. The number of H-pyrrole nitrogens is 1. The third-order valence-corrected chi connectivity index (χ3v) is 3.84. The number of nitrogens with one attached hydrogen (secondary N) is 1. The van der Waals surface area contributed by atoms with E-state index in [9.17, 15) is 21.6 Å². The van der Waals surface area contributed by atoms with Crippen molar-refractivity contribution in [3.8, 4) is 5.75 Å². The average molecular weight is 316 g/mol. The summed E-state index contributed by atoms with van der Waals surface area (Å²) in [5.41, 5.74) is -4.15. The Morgan fingerprint density at radius 3 is 2.57 bits per heavy atom. The average Bonchev–Trinajstić information content (AvgIpc) is 2.75. The number of hydrogen-bond donors (Lipinski definition) is 1. The van der Waals surface area contributed by atoms with Gasteiger partial charge in [0.15, 0.2) is 0 Å². The summed E-state index contributed by atoms with van der Waals surface area (Å²) < 4.78 is 63.0. The van der Waals surface area contributed by atoms with Crippen molar-refractivity contribution < 1.29 is 25.8 Å². The van der Waals surface area contributed by atoms with Gasteiger partial charge in [-0.25, -0.2) is 0 Å². The van der Waals surface area contributed by atoms with Gasteiger partial charge in [0.1, 0.15) is 5.75 Å². The molecule has 3 aromatic rings. The summed E-state index contributed by atoms with van der Waals surface area (Å²) in [6.45, 7) is 0. The van der Waals surface area contributed by atoms with Crippen molar-refractivity contribution in [1.82, 2.24) is 9.97 Å². The lowest BCUT2D eigenvalue weighted by atomic mass is 10.2. The fraction of sp³-hybridized carbons (Fsp3) is 0.0833. The molecule has 0 fully saturated rings. The molecule has 21 heavy (non-hydrogen) atoms. The van der Waals surface area contributed by atoms with E-state index in [4.69, 9.17) is 0 Å². The zero-order valence-electron chi connectivity index (χ0n) is 10.2. The van der Waals surface area contributed by atoms with Gasteiger partial charge >= 0.3 is 15.6 Å². The standard InChI is InChI=1S/C12H7F3N2O3S/c13-12(14,15)21(18,19)20-7-1-2-10-9(5-7)8-3-4-16-6-11(8)17-10/h1-6,17H. The summed E-state index contributed by atoms with van der Waals surface area (Å²) in [6, 6.07) is 5.48. The maximum absolute atomic E-state index is 12.3. The lowest BCUT2D eigenvalue weighted by Gasteiger charge is -2.09. The first kappa shape index (κ1) is 13.7. The van der Waals surface area contributed by atoms with Gasteiger partial charge in [0, 0.05) is 22.5 Å². The normalized spacial score (nSPS) is 12.9. The van der Waals surface area contributed by atoms with Crippen molar-refractivity contribution in [2.75, 3.05) is 0 Å². The number of halogens is 3. The van der Waals surface area contributed by atoms with Crippen molar-refractivity contribution in [3.05, 3.63) is 36.7 Å². The highest BCUT2D eigenvalue weighted by molar-refractivity contribution is 7.88. The van der Waals surface area contributed by atoms with Crippen molar-refractivity contribution >= 4 is 31.9 Å². The predicted octanol–water partition coefficient (Wildman–Crippen LogP) is 2.94. The van der Waals surface area contributed by atoms with E-state index in [1.54, 1.807) is 12.3 Å². The van der Waals surface area contributed by atoms with Gasteiger partial charge in [0.25, 0.3) is 0 Å². The monoisotopic (exact) mass is 316 g/mol. The van der Waals surface area contributed by atoms with Gasteiger partial charge in [-0.2, -0.15) is 21.6 Å². The Kier molecular flexibility index (Phi) is 2.84. The smallest absolute Gasteiger partial charge is 0.376 e. The molecule has 0 radical (unpaired) electrons. The van der Waals surface area contributed by atoms with Crippen molar-refractivity contribution in [3.63, 3.8) is 0 Å². The van der Waals surface area contributed by atoms with Gasteiger partial charge in [0.2, 0.25) is 0 Å². The molecule has 9 heteroatoms. The molecule has 5 nitrogen and oxygen atoms in total. The molecule has 0 bridgehead atoms. The second-order valence-corrected chi connectivity index (χ2v) is 5.77. The largest absolute Gasteiger partial charge is 0.534 e. The second-order valence-electron chi connectivity index (χ2n) is 4.24. The van der Waals surface area contributed by atoms with E-state index in [1.807, 2.05) is 0 Å². The van der Waals surface area contributed by atoms with Crippen LogP contribution in [0.15, 0.2) is 36.7 Å². The van der Waals surface area contributed by atoms with E-state index in [0.29, 0.717) is 21.8 Å². The van der Waals surface area contributed by atoms with Crippen LogP contribution >= 0.6 is 0 Å². The van der Waals surface area contributed by atoms with Gasteiger partial charge < -0.3 is 9.17 Å². The van der Waals surface area contributed by atoms with Crippen LogP contribution in [0, 0.1) is 0 Å². The Labute approximate surface area is 116 Å². The molecule has 0 atom stereocenters. The first-order valence-electron chi connectivity index (χ1n) is 5.64. The molecule has 110 valence electrons. The zero-order valence-corrected chi connectivity index (χ0v) is 11.0. The highest BCUT2D eigenvalue weighted by Gasteiger charge is 2.48. The zero-order chi connectivity index (χ0) is 15.3. The predicted molar refractivity (Wildman–Crippen MR) is 69.2 cm³/mol. The van der Waals surface area contributed by atoms with E-state index in [2.05, 4.69) is 14.2 Å². The highest BCUT2D eigenvalue weighted by atomic mass is 32.2. The lowest BCUT2D eigenvalue weighted by molar-refractivity contribution is -0.0500. The highest BCUT2D eigenvalue weighted by Crippen LogP contribution is 2.31. The third kappa shape index (κ3) is 2.29. The molecule has 0 aliphatic carbocycles. The van der Waals surface area contributed by atoms with Crippen LogP contribution in [0.2, 0.25) is 0 Å². The Morgan fingerprint density at radius 1 is 1.10 bits per heavy atom. The number of aromatic amines is 1. The Bertz CT molecular complexity index is 932. The van der Waals surface area contributed by atoms with Crippen LogP contribution in [0.3, 0.4) is 0 Å². The van der Waals surface area contributed by atoms with E-state index in [1.165, 1.54) is 18.3 Å². The SMILES string of the molecule is O=S(=O)(Oc1ccc2[nH]c3cnccc3c2c1)C(F)(F)F. The molecule has 0 saturated heterocycles. The number of fused-ring (bicyclic) bond motifs is 3. The first-order valence-corrected chi connectivity index (χ1v) is 7.05. The minimum atomic E-state index is -5.68. The molecule has 0 saturated carbocycles. The van der Waals surface area contributed by atoms with Crippen LogP contribution in [0.5, 0.6) is 5.75 Å². The van der Waals surface area contributed by atoms with E-state index >= 15 is 0 Å². The van der Waals surface area contributed by atoms with Gasteiger partial charge in [0.05, 0.1) is 11.7 Å². The van der Waals surface area contributed by atoms with Gasteiger partial charge in [-0.1, -0.05) is 0 Å².